The summed E-state index contributed by atoms with van der Waals surface area (Å²) in [5, 5.41) is 22.2. The summed E-state index contributed by atoms with van der Waals surface area (Å²) in [4.78, 5) is 37.5. The van der Waals surface area contributed by atoms with Crippen molar-refractivity contribution in [2.75, 3.05) is 11.9 Å². The molecule has 2 N–H and O–H groups in total. The Morgan fingerprint density at radius 2 is 2.03 bits per heavy atom. The molecule has 0 radical (unpaired) electrons. The van der Waals surface area contributed by atoms with Gasteiger partial charge in [0.1, 0.15) is 18.9 Å². The van der Waals surface area contributed by atoms with Crippen molar-refractivity contribution < 1.29 is 14.5 Å². The van der Waals surface area contributed by atoms with Gasteiger partial charge in [-0.1, -0.05) is 24.3 Å². The smallest absolute Gasteiger partial charge is 0.307 e. The molecule has 0 aliphatic carbocycles. The zero-order valence-corrected chi connectivity index (χ0v) is 17.0. The molecule has 0 atom stereocenters. The Hall–Kier alpha value is -3.60. The number of hydrogen-bond acceptors (Lipinski definition) is 7. The molecule has 0 fully saturated rings. The van der Waals surface area contributed by atoms with E-state index in [1.807, 2.05) is 29.6 Å². The zero-order valence-electron chi connectivity index (χ0n) is 16.2. The van der Waals surface area contributed by atoms with Crippen molar-refractivity contribution in [3.63, 3.8) is 0 Å². The van der Waals surface area contributed by atoms with Gasteiger partial charge in [-0.3, -0.25) is 24.4 Å². The first-order valence-corrected chi connectivity index (χ1v) is 10.0. The van der Waals surface area contributed by atoms with Crippen LogP contribution in [0.1, 0.15) is 18.9 Å². The number of thiazole rings is 1. The number of nitrogens with zero attached hydrogens (tertiary/aromatic N) is 4. The van der Waals surface area contributed by atoms with Gasteiger partial charge in [0.2, 0.25) is 11.8 Å². The van der Waals surface area contributed by atoms with Gasteiger partial charge in [-0.05, 0) is 18.4 Å². The number of anilines is 1. The van der Waals surface area contributed by atoms with Gasteiger partial charge in [0.15, 0.2) is 5.13 Å². The van der Waals surface area contributed by atoms with Gasteiger partial charge in [0.25, 0.3) is 0 Å². The van der Waals surface area contributed by atoms with Crippen LogP contribution in [0.2, 0.25) is 0 Å². The van der Waals surface area contributed by atoms with Crippen LogP contribution >= 0.6 is 11.3 Å². The van der Waals surface area contributed by atoms with Crippen molar-refractivity contribution in [2.24, 2.45) is 0 Å². The molecule has 0 bridgehead atoms. The predicted octanol–water partition coefficient (Wildman–Crippen LogP) is 2.62. The molecule has 10 nitrogen and oxygen atoms in total. The number of nitro groups is 1. The summed E-state index contributed by atoms with van der Waals surface area (Å²) in [6.45, 7) is 2.01. The lowest BCUT2D eigenvalue weighted by molar-refractivity contribution is -0.385. The van der Waals surface area contributed by atoms with Crippen LogP contribution in [0.4, 0.5) is 10.8 Å². The van der Waals surface area contributed by atoms with Crippen molar-refractivity contribution in [3.8, 4) is 11.3 Å². The molecule has 30 heavy (non-hydrogen) atoms. The Bertz CT molecular complexity index is 1040. The second-order valence-corrected chi connectivity index (χ2v) is 7.38. The lowest BCUT2D eigenvalue weighted by Gasteiger charge is -2.04. The highest BCUT2D eigenvalue weighted by atomic mass is 32.1. The van der Waals surface area contributed by atoms with Crippen LogP contribution in [0.15, 0.2) is 42.0 Å². The highest BCUT2D eigenvalue weighted by molar-refractivity contribution is 7.14. The van der Waals surface area contributed by atoms with E-state index in [2.05, 4.69) is 20.7 Å². The minimum absolute atomic E-state index is 0.0253. The summed E-state index contributed by atoms with van der Waals surface area (Å²) in [6.07, 6.45) is 4.03. The van der Waals surface area contributed by atoms with Crippen LogP contribution in [-0.2, 0) is 22.6 Å². The quantitative estimate of drug-likeness (QED) is 0.306. The molecule has 156 valence electrons. The fraction of sp³-hybridized carbons (Fsp3) is 0.263. The minimum atomic E-state index is -0.567. The van der Waals surface area contributed by atoms with Crippen LogP contribution in [0.3, 0.4) is 0 Å². The van der Waals surface area contributed by atoms with Crippen LogP contribution < -0.4 is 10.6 Å². The van der Waals surface area contributed by atoms with E-state index in [0.29, 0.717) is 11.7 Å². The molecule has 0 unspecified atom stereocenters. The summed E-state index contributed by atoms with van der Waals surface area (Å²) in [6, 6.07) is 7.98. The molecule has 0 spiro atoms. The first-order chi connectivity index (χ1) is 14.4. The molecule has 0 saturated carbocycles. The van der Waals surface area contributed by atoms with E-state index in [4.69, 9.17) is 0 Å². The van der Waals surface area contributed by atoms with E-state index in [-0.39, 0.29) is 24.0 Å². The molecule has 2 aromatic heterocycles. The molecule has 0 aliphatic rings. The Kier molecular flexibility index (Phi) is 6.86. The Balaban J connectivity index is 1.53. The Morgan fingerprint density at radius 1 is 1.27 bits per heavy atom. The first-order valence-electron chi connectivity index (χ1n) is 9.16. The van der Waals surface area contributed by atoms with Crippen LogP contribution in [0.25, 0.3) is 11.3 Å². The van der Waals surface area contributed by atoms with E-state index in [1.165, 1.54) is 34.7 Å². The van der Waals surface area contributed by atoms with E-state index >= 15 is 0 Å². The fourth-order valence-electron chi connectivity index (χ4n) is 2.70. The number of nitrogens with one attached hydrogen (secondary N) is 2. The van der Waals surface area contributed by atoms with E-state index in [1.54, 1.807) is 0 Å². The zero-order chi connectivity index (χ0) is 21.5. The first kappa shape index (κ1) is 21.1. The van der Waals surface area contributed by atoms with Crippen molar-refractivity contribution in [1.82, 2.24) is 20.1 Å². The fourth-order valence-corrected chi connectivity index (χ4v) is 3.44. The predicted molar refractivity (Wildman–Crippen MR) is 112 cm³/mol. The van der Waals surface area contributed by atoms with Crippen molar-refractivity contribution in [3.05, 3.63) is 57.7 Å². The summed E-state index contributed by atoms with van der Waals surface area (Å²) in [7, 11) is 0. The van der Waals surface area contributed by atoms with E-state index in [9.17, 15) is 19.7 Å². The number of carbonyl (C=O) groups is 2. The maximum Gasteiger partial charge on any atom is 0.307 e. The largest absolute Gasteiger partial charge is 0.356 e. The van der Waals surface area contributed by atoms with Crippen LogP contribution in [-0.4, -0.2) is 38.0 Å². The normalized spacial score (nSPS) is 10.6. The highest BCUT2D eigenvalue weighted by Crippen LogP contribution is 2.25. The average molecular weight is 428 g/mol. The molecule has 2 amide bonds. The number of aromatic nitrogens is 3. The third-order valence-corrected chi connectivity index (χ3v) is 4.91. The second-order valence-electron chi connectivity index (χ2n) is 6.52. The number of benzene rings is 1. The molecule has 0 aliphatic heterocycles. The van der Waals surface area contributed by atoms with Gasteiger partial charge in [-0.25, -0.2) is 4.98 Å². The molecule has 3 rings (SSSR count). The molecule has 11 heteroatoms. The molecule has 2 heterocycles. The van der Waals surface area contributed by atoms with Gasteiger partial charge in [0, 0.05) is 24.4 Å². The highest BCUT2D eigenvalue weighted by Gasteiger charge is 2.13. The number of rotatable bonds is 9. The lowest BCUT2D eigenvalue weighted by Crippen LogP contribution is -2.21. The standard InChI is InChI=1S/C19H20N6O4S/c1-13(26)20-8-2-3-14-4-6-15(7-5-14)17-12-30-19(22-17)23-18(27)11-24-10-16(9-21-24)25(28)29/h4-7,9-10,12H,2-3,8,11H2,1H3,(H,20,26)(H,22,23,27). The monoisotopic (exact) mass is 428 g/mol. The van der Waals surface area contributed by atoms with Gasteiger partial charge >= 0.3 is 5.69 Å². The van der Waals surface area contributed by atoms with Crippen LogP contribution in [0, 0.1) is 10.1 Å². The molecule has 0 saturated heterocycles. The Labute approximate surface area is 176 Å². The summed E-state index contributed by atoms with van der Waals surface area (Å²) in [5.41, 5.74) is 2.67. The number of aryl methyl sites for hydroxylation is 1. The van der Waals surface area contributed by atoms with E-state index < -0.39 is 4.92 Å². The minimum Gasteiger partial charge on any atom is -0.356 e. The third-order valence-electron chi connectivity index (χ3n) is 4.15. The van der Waals surface area contributed by atoms with E-state index in [0.717, 1.165) is 30.3 Å². The van der Waals surface area contributed by atoms with Crippen molar-refractivity contribution in [2.45, 2.75) is 26.3 Å². The van der Waals surface area contributed by atoms with Crippen molar-refractivity contribution in [1.29, 1.82) is 0 Å². The van der Waals surface area contributed by atoms with Crippen LogP contribution in [0.5, 0.6) is 0 Å². The molecular formula is C19H20N6O4S. The summed E-state index contributed by atoms with van der Waals surface area (Å²) in [5.74, 6) is -0.397. The van der Waals surface area contributed by atoms with Gasteiger partial charge in [-0.2, -0.15) is 5.10 Å². The van der Waals surface area contributed by atoms with Gasteiger partial charge in [0.05, 0.1) is 10.6 Å². The maximum absolute atomic E-state index is 12.1. The number of amides is 2. The topological polar surface area (TPSA) is 132 Å². The lowest BCUT2D eigenvalue weighted by atomic mass is 10.1. The molecule has 1 aromatic carbocycles. The molecular weight excluding hydrogens is 408 g/mol. The molecule has 3 aromatic rings. The Morgan fingerprint density at radius 3 is 2.70 bits per heavy atom. The van der Waals surface area contributed by atoms with Gasteiger partial charge < -0.3 is 10.6 Å². The van der Waals surface area contributed by atoms with Gasteiger partial charge in [-0.15, -0.1) is 11.3 Å². The second kappa shape index (κ2) is 9.74. The number of carbonyl (C=O) groups excluding carboxylic acids is 2. The van der Waals surface area contributed by atoms with Crippen molar-refractivity contribution >= 4 is 34.0 Å². The third kappa shape index (κ3) is 5.95. The summed E-state index contributed by atoms with van der Waals surface area (Å²) >= 11 is 1.30. The average Bonchev–Trinajstić information content (AvgIpc) is 3.35. The summed E-state index contributed by atoms with van der Waals surface area (Å²) < 4.78 is 1.20. The number of hydrogen-bond donors (Lipinski definition) is 2. The SMILES string of the molecule is CC(=O)NCCCc1ccc(-c2csc(NC(=O)Cn3cc([N+](=O)[O-])cn3)n2)cc1. The maximum atomic E-state index is 12.1.